The molecule has 0 amide bonds. The third kappa shape index (κ3) is 1.33. The Bertz CT molecular complexity index is 359. The molecule has 0 radical (unpaired) electrons. The van der Waals surface area contributed by atoms with Gasteiger partial charge in [0.2, 0.25) is 0 Å². The second-order valence-corrected chi connectivity index (χ2v) is 3.52. The van der Waals surface area contributed by atoms with Crippen LogP contribution in [0.3, 0.4) is 0 Å². The molecule has 0 aliphatic carbocycles. The zero-order valence-electron chi connectivity index (χ0n) is 6.11. The fraction of sp³-hybridized carbons (Fsp3) is 0.167. The Kier molecular flexibility index (Phi) is 1.82. The minimum atomic E-state index is 0.107. The van der Waals surface area contributed by atoms with Gasteiger partial charge in [0.1, 0.15) is 5.69 Å². The Morgan fingerprint density at radius 1 is 1.50 bits per heavy atom. The van der Waals surface area contributed by atoms with Gasteiger partial charge in [-0.3, -0.25) is 0 Å². The molecule has 0 aliphatic heterocycles. The van der Waals surface area contributed by atoms with Gasteiger partial charge in [-0.15, -0.1) is 11.3 Å². The second-order valence-electron chi connectivity index (χ2n) is 2.12. The topological polar surface area (TPSA) is 51.8 Å². The number of hydrogen-bond donors (Lipinski definition) is 0. The van der Waals surface area contributed by atoms with Crippen molar-refractivity contribution in [1.82, 2.24) is 15.1 Å². The molecule has 0 atom stereocenters. The molecule has 0 aliphatic rings. The van der Waals surface area contributed by atoms with Gasteiger partial charge in [0, 0.05) is 5.38 Å². The van der Waals surface area contributed by atoms with E-state index in [0.717, 1.165) is 5.01 Å². The Balaban J connectivity index is 2.43. The van der Waals surface area contributed by atoms with Crippen LogP contribution in [0.2, 0.25) is 5.28 Å². The van der Waals surface area contributed by atoms with Crippen molar-refractivity contribution in [2.24, 2.45) is 0 Å². The summed E-state index contributed by atoms with van der Waals surface area (Å²) >= 11 is 7.00. The van der Waals surface area contributed by atoms with E-state index in [0.29, 0.717) is 11.6 Å². The van der Waals surface area contributed by atoms with Crippen molar-refractivity contribution >= 4 is 22.9 Å². The predicted molar refractivity (Wildman–Crippen MR) is 45.2 cm³/mol. The molecule has 0 fully saturated rings. The Hall–Kier alpha value is -0.940. The van der Waals surface area contributed by atoms with Crippen LogP contribution < -0.4 is 0 Å². The average molecular weight is 202 g/mol. The highest BCUT2D eigenvalue weighted by molar-refractivity contribution is 7.09. The molecule has 4 nitrogen and oxygen atoms in total. The lowest BCUT2D eigenvalue weighted by Crippen LogP contribution is -1.76. The first kappa shape index (κ1) is 7.70. The number of thiazole rings is 1. The highest BCUT2D eigenvalue weighted by Crippen LogP contribution is 2.20. The normalized spacial score (nSPS) is 10.5. The number of nitrogens with zero attached hydrogens (tertiary/aromatic N) is 3. The summed E-state index contributed by atoms with van der Waals surface area (Å²) in [5.41, 5.74) is 0.678. The molecule has 0 spiro atoms. The molecule has 12 heavy (non-hydrogen) atoms. The summed E-state index contributed by atoms with van der Waals surface area (Å²) in [4.78, 5) is 7.98. The van der Waals surface area contributed by atoms with Crippen molar-refractivity contribution in [1.29, 1.82) is 0 Å². The minimum Gasteiger partial charge on any atom is -0.331 e. The molecule has 2 aromatic rings. The van der Waals surface area contributed by atoms with E-state index in [1.165, 1.54) is 11.3 Å². The van der Waals surface area contributed by atoms with E-state index in [1.54, 1.807) is 0 Å². The molecule has 6 heteroatoms. The van der Waals surface area contributed by atoms with Gasteiger partial charge in [-0.1, -0.05) is 0 Å². The highest BCUT2D eigenvalue weighted by Gasteiger charge is 2.09. The van der Waals surface area contributed by atoms with Crippen molar-refractivity contribution in [2.75, 3.05) is 0 Å². The van der Waals surface area contributed by atoms with Gasteiger partial charge in [-0.2, -0.15) is 4.98 Å². The molecule has 62 valence electrons. The van der Waals surface area contributed by atoms with Crippen LogP contribution in [0.1, 0.15) is 5.01 Å². The molecule has 0 saturated carbocycles. The van der Waals surface area contributed by atoms with Crippen molar-refractivity contribution < 1.29 is 4.52 Å². The molecular formula is C6H4ClN3OS. The van der Waals surface area contributed by atoms with Crippen molar-refractivity contribution in [2.45, 2.75) is 6.92 Å². The van der Waals surface area contributed by atoms with Crippen LogP contribution in [0.4, 0.5) is 0 Å². The molecule has 2 rings (SSSR count). The van der Waals surface area contributed by atoms with Crippen molar-refractivity contribution in [3.8, 4) is 11.6 Å². The number of aromatic nitrogens is 3. The lowest BCUT2D eigenvalue weighted by Gasteiger charge is -1.81. The zero-order chi connectivity index (χ0) is 8.55. The molecule has 0 bridgehead atoms. The third-order valence-corrected chi connectivity index (χ3v) is 2.17. The lowest BCUT2D eigenvalue weighted by molar-refractivity contribution is 0.429. The molecule has 0 saturated heterocycles. The fourth-order valence-electron chi connectivity index (χ4n) is 0.771. The first-order chi connectivity index (χ1) is 5.75. The summed E-state index contributed by atoms with van der Waals surface area (Å²) < 4.78 is 4.81. The summed E-state index contributed by atoms with van der Waals surface area (Å²) in [6.07, 6.45) is 0. The minimum absolute atomic E-state index is 0.107. The molecule has 0 N–H and O–H groups in total. The van der Waals surface area contributed by atoms with Gasteiger partial charge in [-0.05, 0) is 23.7 Å². The van der Waals surface area contributed by atoms with Gasteiger partial charge in [0.05, 0.1) is 5.01 Å². The van der Waals surface area contributed by atoms with Gasteiger partial charge in [0.15, 0.2) is 0 Å². The van der Waals surface area contributed by atoms with E-state index in [4.69, 9.17) is 16.1 Å². The summed E-state index contributed by atoms with van der Waals surface area (Å²) in [5, 5.41) is 6.36. The number of aryl methyl sites for hydroxylation is 1. The molecular weight excluding hydrogens is 198 g/mol. The quantitative estimate of drug-likeness (QED) is 0.710. The van der Waals surface area contributed by atoms with Crippen LogP contribution in [0, 0.1) is 6.92 Å². The lowest BCUT2D eigenvalue weighted by atomic mass is 10.5. The molecule has 0 aromatic carbocycles. The monoisotopic (exact) mass is 201 g/mol. The first-order valence-corrected chi connectivity index (χ1v) is 4.43. The van der Waals surface area contributed by atoms with Gasteiger partial charge >= 0.3 is 0 Å². The van der Waals surface area contributed by atoms with Crippen LogP contribution in [-0.4, -0.2) is 15.1 Å². The molecule has 0 unspecified atom stereocenters. The SMILES string of the molecule is Cc1nc(-c2nc(Cl)no2)cs1. The van der Waals surface area contributed by atoms with E-state index in [9.17, 15) is 0 Å². The summed E-state index contributed by atoms with van der Waals surface area (Å²) in [5.74, 6) is 0.365. The Morgan fingerprint density at radius 2 is 2.33 bits per heavy atom. The zero-order valence-corrected chi connectivity index (χ0v) is 7.69. The van der Waals surface area contributed by atoms with Crippen LogP contribution in [0.5, 0.6) is 0 Å². The van der Waals surface area contributed by atoms with Crippen LogP contribution >= 0.6 is 22.9 Å². The highest BCUT2D eigenvalue weighted by atomic mass is 35.5. The maximum absolute atomic E-state index is 5.48. The van der Waals surface area contributed by atoms with Crippen LogP contribution in [0.25, 0.3) is 11.6 Å². The fourth-order valence-corrected chi connectivity index (χ4v) is 1.47. The smallest absolute Gasteiger partial charge is 0.278 e. The summed E-state index contributed by atoms with van der Waals surface area (Å²) in [6.45, 7) is 1.91. The van der Waals surface area contributed by atoms with E-state index in [-0.39, 0.29) is 5.28 Å². The average Bonchev–Trinajstić information content (AvgIpc) is 2.58. The van der Waals surface area contributed by atoms with Crippen LogP contribution in [0.15, 0.2) is 9.90 Å². The van der Waals surface area contributed by atoms with E-state index >= 15 is 0 Å². The number of rotatable bonds is 1. The predicted octanol–water partition coefficient (Wildman–Crippen LogP) is 2.15. The Morgan fingerprint density at radius 3 is 2.83 bits per heavy atom. The van der Waals surface area contributed by atoms with Gasteiger partial charge in [-0.25, -0.2) is 4.98 Å². The van der Waals surface area contributed by atoms with Crippen molar-refractivity contribution in [3.63, 3.8) is 0 Å². The summed E-state index contributed by atoms with van der Waals surface area (Å²) in [7, 11) is 0. The second kappa shape index (κ2) is 2.84. The van der Waals surface area contributed by atoms with Gasteiger partial charge < -0.3 is 4.52 Å². The van der Waals surface area contributed by atoms with Gasteiger partial charge in [0.25, 0.3) is 11.2 Å². The standard InChI is InChI=1S/C6H4ClN3OS/c1-3-8-4(2-12-3)5-9-6(7)10-11-5/h2H,1H3. The maximum Gasteiger partial charge on any atom is 0.278 e. The number of halogens is 1. The third-order valence-electron chi connectivity index (χ3n) is 1.24. The maximum atomic E-state index is 5.48. The number of hydrogen-bond acceptors (Lipinski definition) is 5. The van der Waals surface area contributed by atoms with Crippen molar-refractivity contribution in [3.05, 3.63) is 15.7 Å². The van der Waals surface area contributed by atoms with E-state index in [2.05, 4.69) is 15.1 Å². The van der Waals surface area contributed by atoms with E-state index in [1.807, 2.05) is 12.3 Å². The Labute approximate surface area is 77.2 Å². The summed E-state index contributed by atoms with van der Waals surface area (Å²) in [6, 6.07) is 0. The first-order valence-electron chi connectivity index (χ1n) is 3.17. The van der Waals surface area contributed by atoms with E-state index < -0.39 is 0 Å². The van der Waals surface area contributed by atoms with Crippen LogP contribution in [-0.2, 0) is 0 Å². The largest absolute Gasteiger partial charge is 0.331 e. The molecule has 2 heterocycles. The molecule has 2 aromatic heterocycles.